The predicted octanol–water partition coefficient (Wildman–Crippen LogP) is 12.3. The second-order valence-electron chi connectivity index (χ2n) is 14.2. The van der Waals surface area contributed by atoms with Gasteiger partial charge >= 0.3 is 19.8 Å². The van der Waals surface area contributed by atoms with E-state index in [1.807, 2.05) is 6.08 Å². The minimum atomic E-state index is -4.39. The van der Waals surface area contributed by atoms with Gasteiger partial charge in [-0.1, -0.05) is 172 Å². The molecule has 1 unspecified atom stereocenters. The van der Waals surface area contributed by atoms with Crippen molar-refractivity contribution in [2.75, 3.05) is 26.4 Å². The van der Waals surface area contributed by atoms with Crippen LogP contribution in [0.5, 0.6) is 0 Å². The molecule has 0 spiro atoms. The second kappa shape index (κ2) is 40.6. The molecule has 0 aliphatic rings. The minimum absolute atomic E-state index is 0.0459. The molecule has 10 heteroatoms. The highest BCUT2D eigenvalue weighted by atomic mass is 31.2. The molecule has 0 aromatic rings. The van der Waals surface area contributed by atoms with Crippen LogP contribution in [0.3, 0.4) is 0 Å². The summed E-state index contributed by atoms with van der Waals surface area (Å²) in [6.07, 6.45) is 45.7. The fourth-order valence-electron chi connectivity index (χ4n) is 5.74. The third kappa shape index (κ3) is 39.7. The molecule has 0 aliphatic heterocycles. The summed E-state index contributed by atoms with van der Waals surface area (Å²) < 4.78 is 32.7. The summed E-state index contributed by atoms with van der Waals surface area (Å²) in [5.41, 5.74) is 5.34. The normalized spacial score (nSPS) is 13.8. The molecule has 2 atom stereocenters. The Morgan fingerprint density at radius 3 is 1.48 bits per heavy atom. The van der Waals surface area contributed by atoms with E-state index in [-0.39, 0.29) is 32.6 Å². The number of hydrogen-bond acceptors (Lipinski definition) is 8. The Balaban J connectivity index is 4.24. The molecule has 0 saturated heterocycles. The maximum Gasteiger partial charge on any atom is 0.472 e. The van der Waals surface area contributed by atoms with Crippen molar-refractivity contribution < 1.29 is 37.6 Å². The van der Waals surface area contributed by atoms with Crippen LogP contribution in [0.25, 0.3) is 0 Å². The third-order valence-electron chi connectivity index (χ3n) is 8.97. The van der Waals surface area contributed by atoms with Crippen LogP contribution in [-0.2, 0) is 32.7 Å². The number of hydrogen-bond donors (Lipinski definition) is 2. The third-order valence-corrected chi connectivity index (χ3v) is 9.95. The first kappa shape index (κ1) is 52.0. The van der Waals surface area contributed by atoms with Gasteiger partial charge in [0.1, 0.15) is 6.61 Å². The van der Waals surface area contributed by atoms with Crippen LogP contribution in [0, 0.1) is 0 Å². The SMILES string of the molecule is CCCCC/C=C\C/C=C\C/C=C\C/C=C\CCCC(=O)OC[C@H](COP(=O)(O)OCCN)OC(=O)CCCCCCCCCCCCCCCCCC. The summed E-state index contributed by atoms with van der Waals surface area (Å²) in [5.74, 6) is -0.891. The summed E-state index contributed by atoms with van der Waals surface area (Å²) in [6.45, 7) is 3.65. The molecule has 0 saturated carbocycles. The minimum Gasteiger partial charge on any atom is -0.462 e. The first-order chi connectivity index (χ1) is 26.3. The molecule has 0 aliphatic carbocycles. The maximum atomic E-state index is 12.6. The molecule has 9 nitrogen and oxygen atoms in total. The van der Waals surface area contributed by atoms with Crippen LogP contribution >= 0.6 is 7.82 Å². The van der Waals surface area contributed by atoms with E-state index in [0.29, 0.717) is 12.8 Å². The van der Waals surface area contributed by atoms with E-state index in [2.05, 4.69) is 56.4 Å². The van der Waals surface area contributed by atoms with Crippen molar-refractivity contribution in [3.8, 4) is 0 Å². The Morgan fingerprint density at radius 1 is 0.556 bits per heavy atom. The van der Waals surface area contributed by atoms with Gasteiger partial charge in [0, 0.05) is 19.4 Å². The quantitative estimate of drug-likeness (QED) is 0.0269. The molecule has 0 fully saturated rings. The van der Waals surface area contributed by atoms with Crippen molar-refractivity contribution in [3.05, 3.63) is 48.6 Å². The van der Waals surface area contributed by atoms with Crippen molar-refractivity contribution in [2.45, 2.75) is 193 Å². The van der Waals surface area contributed by atoms with E-state index < -0.39 is 32.5 Å². The number of nitrogens with two attached hydrogens (primary N) is 1. The highest BCUT2D eigenvalue weighted by Gasteiger charge is 2.25. The van der Waals surface area contributed by atoms with Gasteiger partial charge in [-0.05, 0) is 51.4 Å². The van der Waals surface area contributed by atoms with Gasteiger partial charge in [-0.3, -0.25) is 18.6 Å². The molecule has 0 bridgehead atoms. The number of ether oxygens (including phenoxy) is 2. The fraction of sp³-hybridized carbons (Fsp3) is 0.773. The molecular formula is C44H80NO8P. The van der Waals surface area contributed by atoms with Crippen LogP contribution in [0.4, 0.5) is 0 Å². The number of phosphoric acid groups is 1. The fourth-order valence-corrected chi connectivity index (χ4v) is 6.51. The first-order valence-corrected chi connectivity index (χ1v) is 23.1. The zero-order valence-electron chi connectivity index (χ0n) is 34.4. The molecule has 54 heavy (non-hydrogen) atoms. The Labute approximate surface area is 330 Å². The van der Waals surface area contributed by atoms with Crippen molar-refractivity contribution >= 4 is 19.8 Å². The molecule has 0 heterocycles. The number of carbonyl (C=O) groups is 2. The largest absolute Gasteiger partial charge is 0.472 e. The van der Waals surface area contributed by atoms with Crippen molar-refractivity contribution in [3.63, 3.8) is 0 Å². The van der Waals surface area contributed by atoms with Gasteiger partial charge in [-0.25, -0.2) is 4.57 Å². The van der Waals surface area contributed by atoms with Gasteiger partial charge in [0.05, 0.1) is 13.2 Å². The number of unbranched alkanes of at least 4 members (excludes halogenated alkanes) is 19. The van der Waals surface area contributed by atoms with Crippen LogP contribution < -0.4 is 5.73 Å². The predicted molar refractivity (Wildman–Crippen MR) is 224 cm³/mol. The Morgan fingerprint density at radius 2 is 0.981 bits per heavy atom. The highest BCUT2D eigenvalue weighted by molar-refractivity contribution is 7.47. The number of phosphoric ester groups is 1. The van der Waals surface area contributed by atoms with E-state index in [0.717, 1.165) is 44.9 Å². The molecular weight excluding hydrogens is 701 g/mol. The summed E-state index contributed by atoms with van der Waals surface area (Å²) in [4.78, 5) is 34.8. The van der Waals surface area contributed by atoms with Crippen molar-refractivity contribution in [1.82, 2.24) is 0 Å². The maximum absolute atomic E-state index is 12.6. The van der Waals surface area contributed by atoms with Crippen LogP contribution in [0.1, 0.15) is 187 Å². The van der Waals surface area contributed by atoms with E-state index >= 15 is 0 Å². The molecule has 314 valence electrons. The van der Waals surface area contributed by atoms with Crippen LogP contribution in [-0.4, -0.2) is 49.3 Å². The number of allylic oxidation sites excluding steroid dienone is 8. The Bertz CT molecular complexity index is 1030. The van der Waals surface area contributed by atoms with Gasteiger partial charge in [0.15, 0.2) is 6.10 Å². The van der Waals surface area contributed by atoms with E-state index in [9.17, 15) is 19.0 Å². The molecule has 0 aromatic carbocycles. The molecule has 0 aromatic heterocycles. The van der Waals surface area contributed by atoms with Gasteiger partial charge in [-0.2, -0.15) is 0 Å². The molecule has 0 rings (SSSR count). The lowest BCUT2D eigenvalue weighted by molar-refractivity contribution is -0.161. The number of esters is 2. The Kier molecular flexibility index (Phi) is 39.1. The van der Waals surface area contributed by atoms with Gasteiger partial charge in [0.2, 0.25) is 0 Å². The summed E-state index contributed by atoms with van der Waals surface area (Å²) in [7, 11) is -4.39. The smallest absolute Gasteiger partial charge is 0.462 e. The number of rotatable bonds is 40. The first-order valence-electron chi connectivity index (χ1n) is 21.6. The van der Waals surface area contributed by atoms with Crippen LogP contribution in [0.2, 0.25) is 0 Å². The van der Waals surface area contributed by atoms with Gasteiger partial charge in [0.25, 0.3) is 0 Å². The van der Waals surface area contributed by atoms with Crippen molar-refractivity contribution in [1.29, 1.82) is 0 Å². The molecule has 0 amide bonds. The second-order valence-corrected chi connectivity index (χ2v) is 15.7. The standard InChI is InChI=1S/C44H80NO8P/c1-3-5-7-9-11-13-15-17-19-21-23-24-26-28-30-32-34-36-43(46)50-40-42(41-52-54(48,49)51-39-38-45)53-44(47)37-35-33-31-29-27-25-22-20-18-16-14-12-10-8-6-4-2/h11,13,17,19,23-24,28,30,42H,3-10,12,14-16,18,20-22,25-27,29,31-41,45H2,1-2H3,(H,48,49)/b13-11-,19-17-,24-23-,30-28-/t42-/m1/s1. The van der Waals surface area contributed by atoms with E-state index in [4.69, 9.17) is 24.3 Å². The summed E-state index contributed by atoms with van der Waals surface area (Å²) >= 11 is 0. The van der Waals surface area contributed by atoms with Crippen molar-refractivity contribution in [2.24, 2.45) is 5.73 Å². The topological polar surface area (TPSA) is 134 Å². The average molecular weight is 782 g/mol. The average Bonchev–Trinajstić information content (AvgIpc) is 3.16. The zero-order valence-corrected chi connectivity index (χ0v) is 35.3. The van der Waals surface area contributed by atoms with Gasteiger partial charge in [-0.15, -0.1) is 0 Å². The number of carbonyl (C=O) groups excluding carboxylic acids is 2. The molecule has 3 N–H and O–H groups in total. The van der Waals surface area contributed by atoms with E-state index in [1.54, 1.807) is 0 Å². The molecule has 0 radical (unpaired) electrons. The highest BCUT2D eigenvalue weighted by Crippen LogP contribution is 2.43. The lowest BCUT2D eigenvalue weighted by atomic mass is 10.0. The summed E-state index contributed by atoms with van der Waals surface area (Å²) in [5, 5.41) is 0. The van der Waals surface area contributed by atoms with Crippen LogP contribution in [0.15, 0.2) is 48.6 Å². The Hall–Kier alpha value is -2.03. The monoisotopic (exact) mass is 782 g/mol. The lowest BCUT2D eigenvalue weighted by Crippen LogP contribution is -2.29. The zero-order chi connectivity index (χ0) is 39.6. The van der Waals surface area contributed by atoms with E-state index in [1.165, 1.54) is 103 Å². The summed E-state index contributed by atoms with van der Waals surface area (Å²) in [6, 6.07) is 0. The lowest BCUT2D eigenvalue weighted by Gasteiger charge is -2.19. The van der Waals surface area contributed by atoms with Gasteiger partial charge < -0.3 is 20.1 Å².